The van der Waals surface area contributed by atoms with Crippen molar-refractivity contribution < 1.29 is 28.3 Å². The number of ketones is 1. The average molecular weight is 563 g/mol. The van der Waals surface area contributed by atoms with Crippen molar-refractivity contribution in [2.75, 3.05) is 26.8 Å². The molecule has 0 bridgehead atoms. The molecule has 214 valence electrons. The molecule has 1 aliphatic heterocycles. The van der Waals surface area contributed by atoms with Gasteiger partial charge in [0.25, 0.3) is 0 Å². The van der Waals surface area contributed by atoms with Crippen molar-refractivity contribution in [1.29, 1.82) is 0 Å². The molecule has 10 heteroatoms. The fraction of sp³-hybridized carbons (Fsp3) is 0.323. The zero-order valence-corrected chi connectivity index (χ0v) is 23.0. The van der Waals surface area contributed by atoms with Gasteiger partial charge in [-0.2, -0.15) is 10.2 Å². The standard InChI is InChI=1S/C31H32F2N4O4/c1-20-29(37(25-6-4-3-5-7-25)35-30(20)22-8-10-24(19-38)34-17-22)16-26(39)14-23-18-36(12-13-40-2)41-31(23)21-9-11-27(32)28(33)15-21/h3-11,15,17,23,31,38H,12-14,16,18-19H2,1-2H3/t23-,31+/m1/s1. The molecule has 1 fully saturated rings. The van der Waals surface area contributed by atoms with Crippen LogP contribution in [0, 0.1) is 24.5 Å². The second-order valence-corrected chi connectivity index (χ2v) is 10.1. The van der Waals surface area contributed by atoms with Crippen molar-refractivity contribution in [3.8, 4) is 16.9 Å². The van der Waals surface area contributed by atoms with E-state index in [1.807, 2.05) is 43.3 Å². The summed E-state index contributed by atoms with van der Waals surface area (Å²) in [6.45, 7) is 3.13. The summed E-state index contributed by atoms with van der Waals surface area (Å²) in [4.78, 5) is 24.0. The van der Waals surface area contributed by atoms with Crippen molar-refractivity contribution in [3.63, 3.8) is 0 Å². The third-order valence-electron chi connectivity index (χ3n) is 7.31. The number of halogens is 2. The summed E-state index contributed by atoms with van der Waals surface area (Å²) < 4.78 is 34.7. The van der Waals surface area contributed by atoms with Crippen LogP contribution < -0.4 is 0 Å². The van der Waals surface area contributed by atoms with Gasteiger partial charge >= 0.3 is 0 Å². The maximum absolute atomic E-state index is 14.1. The van der Waals surface area contributed by atoms with Gasteiger partial charge in [0.2, 0.25) is 0 Å². The van der Waals surface area contributed by atoms with Crippen LogP contribution in [-0.2, 0) is 27.4 Å². The predicted molar refractivity (Wildman–Crippen MR) is 148 cm³/mol. The molecule has 0 unspecified atom stereocenters. The predicted octanol–water partition coefficient (Wildman–Crippen LogP) is 4.77. The van der Waals surface area contributed by atoms with E-state index in [1.54, 1.807) is 29.1 Å². The first-order chi connectivity index (χ1) is 19.9. The number of aliphatic hydroxyl groups excluding tert-OH is 1. The van der Waals surface area contributed by atoms with Gasteiger partial charge in [0.05, 0.1) is 36.0 Å². The van der Waals surface area contributed by atoms with E-state index in [1.165, 1.54) is 6.07 Å². The highest BCUT2D eigenvalue weighted by Gasteiger charge is 2.37. The molecule has 8 nitrogen and oxygen atoms in total. The molecule has 2 aromatic carbocycles. The number of benzene rings is 2. The number of carbonyl (C=O) groups excluding carboxylic acids is 1. The van der Waals surface area contributed by atoms with E-state index >= 15 is 0 Å². The summed E-state index contributed by atoms with van der Waals surface area (Å²) in [6, 6.07) is 16.9. The van der Waals surface area contributed by atoms with Gasteiger partial charge in [-0.05, 0) is 54.4 Å². The molecule has 3 heterocycles. The Balaban J connectivity index is 1.42. The summed E-state index contributed by atoms with van der Waals surface area (Å²) in [5.74, 6) is -2.19. The van der Waals surface area contributed by atoms with Gasteiger partial charge in [-0.15, -0.1) is 0 Å². The number of carbonyl (C=O) groups is 1. The third kappa shape index (κ3) is 6.41. The van der Waals surface area contributed by atoms with E-state index in [0.29, 0.717) is 36.6 Å². The van der Waals surface area contributed by atoms with Gasteiger partial charge in [-0.1, -0.05) is 24.3 Å². The Labute approximate surface area is 237 Å². The van der Waals surface area contributed by atoms with Gasteiger partial charge in [-0.3, -0.25) is 14.6 Å². The normalized spacial score (nSPS) is 17.3. The zero-order valence-electron chi connectivity index (χ0n) is 23.0. The zero-order chi connectivity index (χ0) is 28.9. The first-order valence-electron chi connectivity index (χ1n) is 13.4. The Morgan fingerprint density at radius 1 is 1.12 bits per heavy atom. The van der Waals surface area contributed by atoms with E-state index in [4.69, 9.17) is 14.7 Å². The molecule has 0 saturated carbocycles. The number of hydrogen-bond acceptors (Lipinski definition) is 7. The van der Waals surface area contributed by atoms with E-state index in [0.717, 1.165) is 34.6 Å². The number of hydroxylamine groups is 2. The van der Waals surface area contributed by atoms with Crippen LogP contribution in [0.3, 0.4) is 0 Å². The van der Waals surface area contributed by atoms with Crippen LogP contribution in [0.25, 0.3) is 16.9 Å². The van der Waals surface area contributed by atoms with E-state index < -0.39 is 17.7 Å². The highest BCUT2D eigenvalue weighted by Crippen LogP contribution is 2.37. The summed E-state index contributed by atoms with van der Waals surface area (Å²) in [6.07, 6.45) is 1.36. The molecule has 4 aromatic rings. The van der Waals surface area contributed by atoms with E-state index in [-0.39, 0.29) is 31.1 Å². The Hall–Kier alpha value is -3.83. The number of pyridine rings is 1. The molecule has 41 heavy (non-hydrogen) atoms. The average Bonchev–Trinajstić information content (AvgIpc) is 3.54. The third-order valence-corrected chi connectivity index (χ3v) is 7.31. The monoisotopic (exact) mass is 562 g/mol. The molecule has 5 rings (SSSR count). The number of methoxy groups -OCH3 is 1. The molecule has 1 saturated heterocycles. The summed E-state index contributed by atoms with van der Waals surface area (Å²) in [5.41, 5.74) is 4.93. The SMILES string of the molecule is COCCN1C[C@@H](CC(=O)Cc2c(C)c(-c3ccc(CO)nc3)nn2-c2ccccc2)[C@H](c2ccc(F)c(F)c2)O1. The highest BCUT2D eigenvalue weighted by atomic mass is 19.2. The molecule has 0 amide bonds. The van der Waals surface area contributed by atoms with Crippen molar-refractivity contribution in [2.45, 2.75) is 32.5 Å². The first-order valence-corrected chi connectivity index (χ1v) is 13.4. The summed E-state index contributed by atoms with van der Waals surface area (Å²) in [5, 5.41) is 15.9. The summed E-state index contributed by atoms with van der Waals surface area (Å²) in [7, 11) is 1.59. The quantitative estimate of drug-likeness (QED) is 0.282. The highest BCUT2D eigenvalue weighted by molar-refractivity contribution is 5.82. The molecular formula is C31H32F2N4O4. The van der Waals surface area contributed by atoms with Crippen LogP contribution in [0.2, 0.25) is 0 Å². The topological polar surface area (TPSA) is 89.7 Å². The first kappa shape index (κ1) is 28.7. The minimum atomic E-state index is -0.956. The van der Waals surface area contributed by atoms with Gasteiger partial charge < -0.3 is 9.84 Å². The molecule has 0 spiro atoms. The molecule has 2 aromatic heterocycles. The summed E-state index contributed by atoms with van der Waals surface area (Å²) >= 11 is 0. The molecular weight excluding hydrogens is 530 g/mol. The molecule has 0 radical (unpaired) electrons. The van der Waals surface area contributed by atoms with Gasteiger partial charge in [0, 0.05) is 50.7 Å². The van der Waals surface area contributed by atoms with Crippen LogP contribution in [-0.4, -0.2) is 57.5 Å². The lowest BCUT2D eigenvalue weighted by atomic mass is 9.90. The van der Waals surface area contributed by atoms with Crippen LogP contribution in [0.5, 0.6) is 0 Å². The van der Waals surface area contributed by atoms with Crippen LogP contribution in [0.1, 0.15) is 35.0 Å². The smallest absolute Gasteiger partial charge is 0.159 e. The van der Waals surface area contributed by atoms with Crippen molar-refractivity contribution in [3.05, 3.63) is 101 Å². The molecule has 1 aliphatic rings. The second-order valence-electron chi connectivity index (χ2n) is 10.1. The number of rotatable bonds is 11. The number of Topliss-reactive ketones (excluding diaryl/α,β-unsaturated/α-hetero) is 1. The Morgan fingerprint density at radius 3 is 2.61 bits per heavy atom. The lowest BCUT2D eigenvalue weighted by Gasteiger charge is -2.18. The number of aliphatic hydroxyl groups is 1. The Morgan fingerprint density at radius 2 is 1.93 bits per heavy atom. The Bertz CT molecular complexity index is 1490. The number of hydrogen-bond donors (Lipinski definition) is 1. The van der Waals surface area contributed by atoms with Crippen molar-refractivity contribution in [2.24, 2.45) is 5.92 Å². The maximum Gasteiger partial charge on any atom is 0.159 e. The molecule has 2 atom stereocenters. The fourth-order valence-corrected chi connectivity index (χ4v) is 5.18. The van der Waals surface area contributed by atoms with Gasteiger partial charge in [0.1, 0.15) is 11.9 Å². The van der Waals surface area contributed by atoms with Crippen molar-refractivity contribution in [1.82, 2.24) is 19.8 Å². The molecule has 1 N–H and O–H groups in total. The van der Waals surface area contributed by atoms with Crippen molar-refractivity contribution >= 4 is 5.78 Å². The van der Waals surface area contributed by atoms with Crippen LogP contribution >= 0.6 is 0 Å². The van der Waals surface area contributed by atoms with Crippen LogP contribution in [0.15, 0.2) is 66.9 Å². The van der Waals surface area contributed by atoms with Gasteiger partial charge in [0.15, 0.2) is 11.6 Å². The van der Waals surface area contributed by atoms with Gasteiger partial charge in [-0.25, -0.2) is 13.5 Å². The fourth-order valence-electron chi connectivity index (χ4n) is 5.18. The molecule has 0 aliphatic carbocycles. The lowest BCUT2D eigenvalue weighted by Crippen LogP contribution is -2.24. The minimum Gasteiger partial charge on any atom is -0.390 e. The van der Waals surface area contributed by atoms with E-state index in [2.05, 4.69) is 4.98 Å². The number of para-hydroxylation sites is 1. The Kier molecular flexibility index (Phi) is 8.94. The van der Waals surface area contributed by atoms with Crippen LogP contribution in [0.4, 0.5) is 8.78 Å². The largest absolute Gasteiger partial charge is 0.390 e. The number of aromatic nitrogens is 3. The number of nitrogens with zero attached hydrogens (tertiary/aromatic N) is 4. The lowest BCUT2D eigenvalue weighted by molar-refractivity contribution is -0.155. The number of ether oxygens (including phenoxy) is 1. The second kappa shape index (κ2) is 12.8. The minimum absolute atomic E-state index is 0.0275. The maximum atomic E-state index is 14.1. The van der Waals surface area contributed by atoms with E-state index in [9.17, 15) is 18.7 Å².